The largest absolute Gasteiger partial charge is 0.471 e. The van der Waals surface area contributed by atoms with E-state index in [1.807, 2.05) is 13.1 Å². The summed E-state index contributed by atoms with van der Waals surface area (Å²) in [5.74, 6) is 0.140. The molecule has 0 saturated heterocycles. The van der Waals surface area contributed by atoms with Crippen molar-refractivity contribution in [1.82, 2.24) is 15.6 Å². The Hall–Kier alpha value is -2.71. The lowest BCUT2D eigenvalue weighted by molar-refractivity contribution is -0.120. The predicted octanol–water partition coefficient (Wildman–Crippen LogP) is 4.69. The molecule has 1 saturated carbocycles. The number of aliphatic hydroxyl groups is 1. The van der Waals surface area contributed by atoms with Crippen LogP contribution in [0.2, 0.25) is 0 Å². The van der Waals surface area contributed by atoms with Crippen LogP contribution >= 0.6 is 0 Å². The first-order chi connectivity index (χ1) is 18.0. The Morgan fingerprint density at radius 3 is 2.66 bits per heavy atom. The molecule has 1 aliphatic heterocycles. The molecular weight excluding hydrogens is 483 g/mol. The summed E-state index contributed by atoms with van der Waals surface area (Å²) in [5.41, 5.74) is 3.39. The Labute approximate surface area is 226 Å². The second-order valence-electron chi connectivity index (χ2n) is 12.2. The average Bonchev–Trinajstić information content (AvgIpc) is 2.81. The van der Waals surface area contributed by atoms with Gasteiger partial charge in [0.1, 0.15) is 11.4 Å². The maximum absolute atomic E-state index is 14.1. The third kappa shape index (κ3) is 7.03. The highest BCUT2D eigenvalue weighted by Crippen LogP contribution is 2.48. The van der Waals surface area contributed by atoms with E-state index in [4.69, 9.17) is 9.72 Å². The lowest BCUT2D eigenvalue weighted by atomic mass is 9.73. The van der Waals surface area contributed by atoms with Crippen LogP contribution in [-0.4, -0.2) is 46.8 Å². The molecule has 4 rings (SSSR count). The molecule has 1 fully saturated rings. The zero-order chi connectivity index (χ0) is 27.5. The second kappa shape index (κ2) is 11.6. The molecule has 8 heteroatoms. The molecule has 0 unspecified atom stereocenters. The van der Waals surface area contributed by atoms with Gasteiger partial charge in [0.15, 0.2) is 0 Å². The number of fused-ring (bicyclic) bond motifs is 1. The highest BCUT2D eigenvalue weighted by Gasteiger charge is 2.46. The summed E-state index contributed by atoms with van der Waals surface area (Å²) in [6, 6.07) is 6.51. The summed E-state index contributed by atoms with van der Waals surface area (Å²) in [5, 5.41) is 20.7. The van der Waals surface area contributed by atoms with Crippen molar-refractivity contribution >= 4 is 11.6 Å². The molecule has 4 N–H and O–H groups in total. The van der Waals surface area contributed by atoms with Gasteiger partial charge < -0.3 is 25.8 Å². The molecule has 2 aliphatic rings. The molecule has 3 atom stereocenters. The van der Waals surface area contributed by atoms with E-state index in [9.17, 15) is 14.3 Å². The van der Waals surface area contributed by atoms with Gasteiger partial charge in [-0.15, -0.1) is 0 Å². The van der Waals surface area contributed by atoms with Gasteiger partial charge in [-0.25, -0.2) is 9.37 Å². The SMILES string of the molecule is CCNc1cc(C[C@H](NC(C)=O)[C@@H](O)CN[C@H]2CC3(CCC3)Oc3ncc(CC(C)(C)C)cc32)ccc1F. The molecule has 7 nitrogen and oxygen atoms in total. The van der Waals surface area contributed by atoms with Crippen molar-refractivity contribution in [3.8, 4) is 5.88 Å². The van der Waals surface area contributed by atoms with E-state index in [2.05, 4.69) is 42.8 Å². The van der Waals surface area contributed by atoms with Crippen molar-refractivity contribution < 1.29 is 19.0 Å². The number of aliphatic hydroxyl groups excluding tert-OH is 1. The van der Waals surface area contributed by atoms with E-state index in [1.165, 1.54) is 18.6 Å². The number of rotatable bonds is 10. The fourth-order valence-electron chi connectivity index (χ4n) is 5.58. The van der Waals surface area contributed by atoms with Crippen LogP contribution in [0.1, 0.15) is 83.0 Å². The minimum Gasteiger partial charge on any atom is -0.471 e. The number of benzene rings is 1. The number of nitrogens with one attached hydrogen (secondary N) is 3. The van der Waals surface area contributed by atoms with Gasteiger partial charge in [-0.2, -0.15) is 0 Å². The van der Waals surface area contributed by atoms with E-state index >= 15 is 0 Å². The van der Waals surface area contributed by atoms with Crippen LogP contribution in [0, 0.1) is 11.2 Å². The highest BCUT2D eigenvalue weighted by atomic mass is 19.1. The summed E-state index contributed by atoms with van der Waals surface area (Å²) in [7, 11) is 0. The van der Waals surface area contributed by atoms with Crippen molar-refractivity contribution in [3.63, 3.8) is 0 Å². The number of aromatic nitrogens is 1. The number of carbonyl (C=O) groups is 1. The molecule has 1 aromatic heterocycles. The smallest absolute Gasteiger partial charge is 0.218 e. The summed E-state index contributed by atoms with van der Waals surface area (Å²) in [6.45, 7) is 10.9. The number of halogens is 1. The van der Waals surface area contributed by atoms with E-state index in [0.29, 0.717) is 24.5 Å². The molecular formula is C30H43FN4O3. The van der Waals surface area contributed by atoms with Crippen molar-refractivity contribution in [2.75, 3.05) is 18.4 Å². The Bertz CT molecular complexity index is 1130. The van der Waals surface area contributed by atoms with Crippen LogP contribution in [0.4, 0.5) is 10.1 Å². The van der Waals surface area contributed by atoms with Crippen LogP contribution in [0.5, 0.6) is 5.88 Å². The number of hydrogen-bond acceptors (Lipinski definition) is 6. The Balaban J connectivity index is 1.50. The number of hydrogen-bond donors (Lipinski definition) is 4. The van der Waals surface area contributed by atoms with Gasteiger partial charge in [0.2, 0.25) is 11.8 Å². The summed E-state index contributed by atoms with van der Waals surface area (Å²) in [4.78, 5) is 16.7. The normalized spacial score (nSPS) is 19.6. The fourth-order valence-corrected chi connectivity index (χ4v) is 5.58. The number of ether oxygens (including phenoxy) is 1. The Kier molecular flexibility index (Phi) is 8.62. The van der Waals surface area contributed by atoms with Gasteiger partial charge in [-0.05, 0) is 73.8 Å². The van der Waals surface area contributed by atoms with Gasteiger partial charge in [-0.3, -0.25) is 4.79 Å². The monoisotopic (exact) mass is 526 g/mol. The molecule has 1 spiro atoms. The third-order valence-electron chi connectivity index (χ3n) is 7.48. The van der Waals surface area contributed by atoms with Crippen molar-refractivity contribution in [2.24, 2.45) is 5.41 Å². The Morgan fingerprint density at radius 2 is 2.03 bits per heavy atom. The zero-order valence-corrected chi connectivity index (χ0v) is 23.4. The second-order valence-corrected chi connectivity index (χ2v) is 12.2. The number of nitrogens with zero attached hydrogens (tertiary/aromatic N) is 1. The van der Waals surface area contributed by atoms with E-state index in [0.717, 1.165) is 43.2 Å². The van der Waals surface area contributed by atoms with Crippen LogP contribution in [0.3, 0.4) is 0 Å². The lowest BCUT2D eigenvalue weighted by Gasteiger charge is -2.47. The van der Waals surface area contributed by atoms with Crippen LogP contribution in [0.25, 0.3) is 0 Å². The summed E-state index contributed by atoms with van der Waals surface area (Å²) in [6.07, 6.45) is 6.34. The van der Waals surface area contributed by atoms with Crippen LogP contribution in [0.15, 0.2) is 30.5 Å². The molecule has 38 heavy (non-hydrogen) atoms. The maximum Gasteiger partial charge on any atom is 0.218 e. The quantitative estimate of drug-likeness (QED) is 0.359. The topological polar surface area (TPSA) is 95.5 Å². The third-order valence-corrected chi connectivity index (χ3v) is 7.48. The molecule has 2 heterocycles. The van der Waals surface area contributed by atoms with Crippen molar-refractivity contribution in [3.05, 3.63) is 53.0 Å². The van der Waals surface area contributed by atoms with E-state index in [1.54, 1.807) is 12.1 Å². The minimum atomic E-state index is -0.846. The molecule has 1 aromatic carbocycles. The molecule has 0 bridgehead atoms. The first-order valence-corrected chi connectivity index (χ1v) is 13.9. The van der Waals surface area contributed by atoms with Crippen LogP contribution in [-0.2, 0) is 17.6 Å². The number of amides is 1. The van der Waals surface area contributed by atoms with E-state index in [-0.39, 0.29) is 35.3 Å². The Morgan fingerprint density at radius 1 is 1.26 bits per heavy atom. The molecule has 1 amide bonds. The standard InChI is InChI=1S/C30H43FN4O3/c1-6-32-24-13-20(8-9-23(24)31)14-25(35-19(2)36)27(37)18-33-26-16-30(10-7-11-30)38-28-22(26)12-21(17-34-28)15-29(3,4)5/h8-9,12-13,17,25-27,32-33,37H,6-7,10-11,14-16,18H2,1-5H3,(H,35,36)/t25-,26-,27-/m0/s1. The van der Waals surface area contributed by atoms with Gasteiger partial charge in [0.25, 0.3) is 0 Å². The number of anilines is 1. The fraction of sp³-hybridized carbons (Fsp3) is 0.600. The lowest BCUT2D eigenvalue weighted by Crippen LogP contribution is -2.52. The number of carbonyl (C=O) groups excluding carboxylic acids is 1. The number of pyridine rings is 1. The first kappa shape index (κ1) is 28.3. The van der Waals surface area contributed by atoms with Gasteiger partial charge in [0, 0.05) is 44.2 Å². The van der Waals surface area contributed by atoms with Crippen molar-refractivity contribution in [1.29, 1.82) is 0 Å². The van der Waals surface area contributed by atoms with Gasteiger partial charge in [-0.1, -0.05) is 26.8 Å². The highest BCUT2D eigenvalue weighted by molar-refractivity contribution is 5.73. The van der Waals surface area contributed by atoms with Crippen LogP contribution < -0.4 is 20.7 Å². The van der Waals surface area contributed by atoms with E-state index < -0.39 is 12.1 Å². The van der Waals surface area contributed by atoms with Gasteiger partial charge >= 0.3 is 0 Å². The maximum atomic E-state index is 14.1. The average molecular weight is 527 g/mol. The summed E-state index contributed by atoms with van der Waals surface area (Å²) < 4.78 is 20.5. The molecule has 2 aromatic rings. The molecule has 1 aliphatic carbocycles. The molecule has 0 radical (unpaired) electrons. The molecule has 208 valence electrons. The zero-order valence-electron chi connectivity index (χ0n) is 23.4. The first-order valence-electron chi connectivity index (χ1n) is 13.9. The predicted molar refractivity (Wildman–Crippen MR) is 148 cm³/mol. The van der Waals surface area contributed by atoms with Gasteiger partial charge in [0.05, 0.1) is 17.8 Å². The summed E-state index contributed by atoms with van der Waals surface area (Å²) >= 11 is 0. The minimum absolute atomic E-state index is 0.00901. The van der Waals surface area contributed by atoms with Crippen molar-refractivity contribution in [2.45, 2.75) is 96.9 Å².